The summed E-state index contributed by atoms with van der Waals surface area (Å²) in [6.45, 7) is 8.27. The van der Waals surface area contributed by atoms with E-state index in [4.69, 9.17) is 4.74 Å². The molecule has 2 aliphatic heterocycles. The van der Waals surface area contributed by atoms with E-state index in [1.165, 1.54) is 31.4 Å². The Bertz CT molecular complexity index is 665. The number of nitrogens with one attached hydrogen (secondary N) is 1. The molecule has 0 bridgehead atoms. The molecule has 1 N–H and O–H groups in total. The van der Waals surface area contributed by atoms with Gasteiger partial charge in [-0.1, -0.05) is 6.92 Å². The van der Waals surface area contributed by atoms with Gasteiger partial charge in [0.2, 0.25) is 5.91 Å². The van der Waals surface area contributed by atoms with E-state index >= 15 is 0 Å². The van der Waals surface area contributed by atoms with Crippen LogP contribution in [0.15, 0.2) is 12.3 Å². The Kier molecular flexibility index (Phi) is 6.35. The minimum atomic E-state index is 0.200. The smallest absolute Gasteiger partial charge is 0.219 e. The van der Waals surface area contributed by atoms with Gasteiger partial charge in [0.15, 0.2) is 0 Å². The number of nitrogens with zero attached hydrogens (tertiary/aromatic N) is 3. The van der Waals surface area contributed by atoms with E-state index in [1.54, 1.807) is 0 Å². The predicted octanol–water partition coefficient (Wildman–Crippen LogP) is 2.61. The summed E-state index contributed by atoms with van der Waals surface area (Å²) < 4.78 is 5.69. The lowest BCUT2D eigenvalue weighted by molar-refractivity contribution is -0.121. The highest BCUT2D eigenvalue weighted by molar-refractivity contribution is 5.75. The van der Waals surface area contributed by atoms with Crippen molar-refractivity contribution in [1.82, 2.24) is 15.2 Å². The molecule has 28 heavy (non-hydrogen) atoms. The van der Waals surface area contributed by atoms with Crippen molar-refractivity contribution in [3.05, 3.63) is 17.8 Å². The van der Waals surface area contributed by atoms with Crippen molar-refractivity contribution in [2.45, 2.75) is 57.9 Å². The van der Waals surface area contributed by atoms with E-state index in [0.29, 0.717) is 12.5 Å². The number of piperazine rings is 1. The Balaban J connectivity index is 1.18. The van der Waals surface area contributed by atoms with Crippen molar-refractivity contribution in [3.63, 3.8) is 0 Å². The first-order valence-electron chi connectivity index (χ1n) is 11.1. The van der Waals surface area contributed by atoms with Gasteiger partial charge in [0.1, 0.15) is 11.6 Å². The van der Waals surface area contributed by atoms with Gasteiger partial charge in [-0.05, 0) is 50.6 Å². The quantitative estimate of drug-likeness (QED) is 0.814. The second-order valence-corrected chi connectivity index (χ2v) is 8.47. The number of anilines is 1. The highest BCUT2D eigenvalue weighted by atomic mass is 16.5. The van der Waals surface area contributed by atoms with Crippen LogP contribution >= 0.6 is 0 Å². The Morgan fingerprint density at radius 3 is 2.75 bits per heavy atom. The number of hydrogen-bond acceptors (Lipinski definition) is 5. The van der Waals surface area contributed by atoms with Crippen LogP contribution in [-0.2, 0) is 11.2 Å². The van der Waals surface area contributed by atoms with Crippen molar-refractivity contribution in [2.24, 2.45) is 5.92 Å². The molecule has 1 aliphatic carbocycles. The number of fused-ring (bicyclic) bond motifs is 1. The zero-order chi connectivity index (χ0) is 19.3. The number of rotatable bonds is 6. The minimum Gasteiger partial charge on any atom is -0.493 e. The molecule has 1 saturated carbocycles. The molecule has 0 atom stereocenters. The Morgan fingerprint density at radius 1 is 1.21 bits per heavy atom. The topological polar surface area (TPSA) is 57.7 Å². The molecule has 154 valence electrons. The molecule has 1 amide bonds. The predicted molar refractivity (Wildman–Crippen MR) is 111 cm³/mol. The van der Waals surface area contributed by atoms with E-state index in [2.05, 4.69) is 20.1 Å². The van der Waals surface area contributed by atoms with Crippen molar-refractivity contribution in [2.75, 3.05) is 44.2 Å². The van der Waals surface area contributed by atoms with Gasteiger partial charge in [-0.15, -0.1) is 0 Å². The summed E-state index contributed by atoms with van der Waals surface area (Å²) in [5.41, 5.74) is 1.29. The number of amides is 1. The van der Waals surface area contributed by atoms with Crippen molar-refractivity contribution in [3.8, 4) is 5.75 Å². The standard InChI is InChI=1S/C22H34N4O2/c1-2-21(27)24-18-5-3-17(4-6-18)8-11-25-12-14-26(15-13-25)22-19-9-16-28-20(19)7-10-23-22/h7,10,17-18H,2-6,8-9,11-16H2,1H3,(H,24,27)/t17-,18-. The van der Waals surface area contributed by atoms with Crippen molar-refractivity contribution >= 4 is 11.7 Å². The third-order valence-corrected chi connectivity index (χ3v) is 6.66. The molecule has 4 rings (SSSR count). The molecular formula is C22H34N4O2. The zero-order valence-corrected chi connectivity index (χ0v) is 17.2. The normalized spacial score (nSPS) is 25.2. The van der Waals surface area contributed by atoms with Gasteiger partial charge in [-0.25, -0.2) is 4.98 Å². The second kappa shape index (κ2) is 9.12. The highest BCUT2D eigenvalue weighted by Gasteiger charge is 2.26. The molecule has 1 aromatic heterocycles. The summed E-state index contributed by atoms with van der Waals surface area (Å²) in [6, 6.07) is 2.40. The summed E-state index contributed by atoms with van der Waals surface area (Å²) in [5.74, 6) is 3.19. The van der Waals surface area contributed by atoms with Crippen LogP contribution < -0.4 is 15.0 Å². The lowest BCUT2D eigenvalue weighted by Gasteiger charge is -2.37. The number of carbonyl (C=O) groups is 1. The molecule has 0 aromatic carbocycles. The first-order chi connectivity index (χ1) is 13.7. The fourth-order valence-corrected chi connectivity index (χ4v) is 4.84. The maximum atomic E-state index is 11.6. The average molecular weight is 387 g/mol. The van der Waals surface area contributed by atoms with E-state index in [0.717, 1.165) is 69.5 Å². The van der Waals surface area contributed by atoms with Gasteiger partial charge in [-0.3, -0.25) is 9.69 Å². The maximum absolute atomic E-state index is 11.6. The van der Waals surface area contributed by atoms with Crippen molar-refractivity contribution in [1.29, 1.82) is 0 Å². The van der Waals surface area contributed by atoms with Crippen LogP contribution in [0.5, 0.6) is 5.75 Å². The van der Waals surface area contributed by atoms with Gasteiger partial charge in [-0.2, -0.15) is 0 Å². The summed E-state index contributed by atoms with van der Waals surface area (Å²) in [4.78, 5) is 21.2. The Hall–Kier alpha value is -1.82. The summed E-state index contributed by atoms with van der Waals surface area (Å²) >= 11 is 0. The summed E-state index contributed by atoms with van der Waals surface area (Å²) in [6.07, 6.45) is 9.57. The Morgan fingerprint density at radius 2 is 2.00 bits per heavy atom. The summed E-state index contributed by atoms with van der Waals surface area (Å²) in [5, 5.41) is 3.16. The minimum absolute atomic E-state index is 0.200. The van der Waals surface area contributed by atoms with E-state index in [-0.39, 0.29) is 5.91 Å². The van der Waals surface area contributed by atoms with Crippen LogP contribution in [0.25, 0.3) is 0 Å². The van der Waals surface area contributed by atoms with Crippen LogP contribution in [0.2, 0.25) is 0 Å². The SMILES string of the molecule is CCC(=O)N[C@H]1CC[C@H](CCN2CCN(c3nccc4c3CCO4)CC2)CC1. The first kappa shape index (κ1) is 19.5. The zero-order valence-electron chi connectivity index (χ0n) is 17.2. The highest BCUT2D eigenvalue weighted by Crippen LogP contribution is 2.32. The molecule has 0 radical (unpaired) electrons. The number of aromatic nitrogens is 1. The van der Waals surface area contributed by atoms with Crippen LogP contribution in [0.3, 0.4) is 0 Å². The maximum Gasteiger partial charge on any atom is 0.219 e. The number of carbonyl (C=O) groups excluding carboxylic acids is 1. The van der Waals surface area contributed by atoms with E-state index < -0.39 is 0 Å². The molecule has 0 unspecified atom stereocenters. The molecule has 3 heterocycles. The molecular weight excluding hydrogens is 352 g/mol. The molecule has 1 aromatic rings. The van der Waals surface area contributed by atoms with Crippen LogP contribution in [-0.4, -0.2) is 61.2 Å². The number of ether oxygens (including phenoxy) is 1. The number of pyridine rings is 1. The average Bonchev–Trinajstić information content (AvgIpc) is 3.22. The van der Waals surface area contributed by atoms with Crippen molar-refractivity contribution < 1.29 is 9.53 Å². The molecule has 6 heteroatoms. The third kappa shape index (κ3) is 4.59. The van der Waals surface area contributed by atoms with Crippen LogP contribution in [0, 0.1) is 5.92 Å². The van der Waals surface area contributed by atoms with E-state index in [1.807, 2.05) is 19.2 Å². The van der Waals surface area contributed by atoms with Crippen LogP contribution in [0.1, 0.15) is 51.0 Å². The van der Waals surface area contributed by atoms with E-state index in [9.17, 15) is 4.79 Å². The van der Waals surface area contributed by atoms with Gasteiger partial charge in [0.05, 0.1) is 6.61 Å². The lowest BCUT2D eigenvalue weighted by atomic mass is 9.84. The number of hydrogen-bond donors (Lipinski definition) is 1. The van der Waals surface area contributed by atoms with Gasteiger partial charge in [0, 0.05) is 56.8 Å². The Labute approximate surface area is 168 Å². The van der Waals surface area contributed by atoms with Crippen LogP contribution in [0.4, 0.5) is 5.82 Å². The monoisotopic (exact) mass is 386 g/mol. The van der Waals surface area contributed by atoms with Gasteiger partial charge >= 0.3 is 0 Å². The lowest BCUT2D eigenvalue weighted by Crippen LogP contribution is -2.47. The molecule has 1 saturated heterocycles. The molecule has 0 spiro atoms. The fraction of sp³-hybridized carbons (Fsp3) is 0.727. The fourth-order valence-electron chi connectivity index (χ4n) is 4.84. The largest absolute Gasteiger partial charge is 0.493 e. The first-order valence-corrected chi connectivity index (χ1v) is 11.1. The molecule has 6 nitrogen and oxygen atoms in total. The molecule has 3 aliphatic rings. The third-order valence-electron chi connectivity index (χ3n) is 6.66. The summed E-state index contributed by atoms with van der Waals surface area (Å²) in [7, 11) is 0. The van der Waals surface area contributed by atoms with Gasteiger partial charge < -0.3 is 15.0 Å². The van der Waals surface area contributed by atoms with Gasteiger partial charge in [0.25, 0.3) is 0 Å². The second-order valence-electron chi connectivity index (χ2n) is 8.47. The molecule has 2 fully saturated rings.